The molecule has 0 radical (unpaired) electrons. The lowest BCUT2D eigenvalue weighted by molar-refractivity contribution is 0.367. The van der Waals surface area contributed by atoms with Gasteiger partial charge in [-0.2, -0.15) is 0 Å². The molecule has 0 N–H and O–H groups in total. The highest BCUT2D eigenvalue weighted by atomic mass is 15.4. The summed E-state index contributed by atoms with van der Waals surface area (Å²) in [6, 6.07) is 17.9. The van der Waals surface area contributed by atoms with Gasteiger partial charge in [0.05, 0.1) is 5.69 Å². The smallest absolute Gasteiger partial charge is 0.122 e. The van der Waals surface area contributed by atoms with Gasteiger partial charge in [-0.15, -0.1) is 0 Å². The number of fused-ring (bicyclic) bond motifs is 3. The molecule has 0 saturated carbocycles. The van der Waals surface area contributed by atoms with Crippen molar-refractivity contribution >= 4 is 5.82 Å². The van der Waals surface area contributed by atoms with E-state index >= 15 is 0 Å². The Morgan fingerprint density at radius 2 is 1.50 bits per heavy atom. The van der Waals surface area contributed by atoms with Crippen molar-refractivity contribution in [2.24, 2.45) is 0 Å². The van der Waals surface area contributed by atoms with Crippen molar-refractivity contribution in [3.8, 4) is 16.8 Å². The van der Waals surface area contributed by atoms with Crippen LogP contribution in [0.2, 0.25) is 0 Å². The van der Waals surface area contributed by atoms with Crippen LogP contribution in [0.4, 0.5) is 5.82 Å². The van der Waals surface area contributed by atoms with Gasteiger partial charge >= 0.3 is 0 Å². The lowest BCUT2D eigenvalue weighted by atomic mass is 9.88. The van der Waals surface area contributed by atoms with Crippen LogP contribution in [-0.2, 0) is 6.42 Å². The standard InChI is InChI=1S/C27H31N3/c1-18(2)23-15-22(20-9-7-6-8-10-20)16-24(19(3)4)26(23)30-12-11-21-17-25-28(5)13-14-29(25)27(21)30/h6-16,18-19,25H,17H2,1-5H3. The largest absolute Gasteiger partial charge is 0.358 e. The van der Waals surface area contributed by atoms with Gasteiger partial charge in [0, 0.05) is 32.1 Å². The van der Waals surface area contributed by atoms with Crippen LogP contribution in [-0.4, -0.2) is 22.7 Å². The molecule has 5 rings (SSSR count). The van der Waals surface area contributed by atoms with Crippen LogP contribution < -0.4 is 4.90 Å². The SMILES string of the molecule is CC(C)c1cc(-c2ccccc2)cc(C(C)C)c1-n1ccc2c1N1C=CN(C)C1C2. The quantitative estimate of drug-likeness (QED) is 0.498. The molecule has 30 heavy (non-hydrogen) atoms. The molecule has 3 aromatic rings. The molecule has 2 aliphatic heterocycles. The summed E-state index contributed by atoms with van der Waals surface area (Å²) in [6.07, 6.45) is 8.19. The highest BCUT2D eigenvalue weighted by Gasteiger charge is 2.36. The predicted molar refractivity (Wildman–Crippen MR) is 126 cm³/mol. The summed E-state index contributed by atoms with van der Waals surface area (Å²) in [4.78, 5) is 4.75. The fourth-order valence-corrected chi connectivity index (χ4v) is 4.95. The molecule has 3 heterocycles. The molecular weight excluding hydrogens is 366 g/mol. The van der Waals surface area contributed by atoms with E-state index in [1.54, 1.807) is 0 Å². The summed E-state index contributed by atoms with van der Waals surface area (Å²) < 4.78 is 2.46. The first-order valence-corrected chi connectivity index (χ1v) is 11.1. The molecule has 0 bridgehead atoms. The Morgan fingerprint density at radius 3 is 2.13 bits per heavy atom. The van der Waals surface area contributed by atoms with E-state index in [4.69, 9.17) is 0 Å². The maximum absolute atomic E-state index is 2.46. The molecular formula is C27H31N3. The van der Waals surface area contributed by atoms with Gasteiger partial charge in [0.1, 0.15) is 12.0 Å². The van der Waals surface area contributed by atoms with Crippen LogP contribution in [0.15, 0.2) is 67.1 Å². The van der Waals surface area contributed by atoms with Crippen LogP contribution in [0, 0.1) is 0 Å². The summed E-state index contributed by atoms with van der Waals surface area (Å²) >= 11 is 0. The van der Waals surface area contributed by atoms with Crippen molar-refractivity contribution in [3.05, 3.63) is 83.8 Å². The normalized spacial score (nSPS) is 17.4. The number of aromatic nitrogens is 1. The van der Waals surface area contributed by atoms with Crippen molar-refractivity contribution in [1.29, 1.82) is 0 Å². The number of anilines is 1. The monoisotopic (exact) mass is 397 g/mol. The van der Waals surface area contributed by atoms with Gasteiger partial charge in [-0.25, -0.2) is 0 Å². The predicted octanol–water partition coefficient (Wildman–Crippen LogP) is 6.50. The number of benzene rings is 2. The Morgan fingerprint density at radius 1 is 0.833 bits per heavy atom. The molecule has 1 unspecified atom stereocenters. The fraction of sp³-hybridized carbons (Fsp3) is 0.333. The zero-order valence-corrected chi connectivity index (χ0v) is 18.6. The van der Waals surface area contributed by atoms with Crippen molar-refractivity contribution in [3.63, 3.8) is 0 Å². The van der Waals surface area contributed by atoms with Gasteiger partial charge in [0.25, 0.3) is 0 Å². The minimum atomic E-state index is 0.413. The third-order valence-electron chi connectivity index (χ3n) is 6.60. The van der Waals surface area contributed by atoms with Crippen LogP contribution in [0.5, 0.6) is 0 Å². The maximum Gasteiger partial charge on any atom is 0.122 e. The summed E-state index contributed by atoms with van der Waals surface area (Å²) in [5, 5.41) is 0. The van der Waals surface area contributed by atoms with Gasteiger partial charge in [-0.1, -0.05) is 58.0 Å². The molecule has 3 nitrogen and oxygen atoms in total. The van der Waals surface area contributed by atoms with E-state index in [0.717, 1.165) is 6.42 Å². The van der Waals surface area contributed by atoms with Crippen LogP contribution >= 0.6 is 0 Å². The fourth-order valence-electron chi connectivity index (χ4n) is 4.95. The number of hydrogen-bond acceptors (Lipinski definition) is 2. The second-order valence-electron chi connectivity index (χ2n) is 9.27. The van der Waals surface area contributed by atoms with E-state index in [-0.39, 0.29) is 0 Å². The Labute approximate surface area is 180 Å². The Balaban J connectivity index is 1.73. The third-order valence-corrected chi connectivity index (χ3v) is 6.60. The van der Waals surface area contributed by atoms with Crippen molar-refractivity contribution in [2.45, 2.75) is 52.1 Å². The molecule has 0 saturated heterocycles. The number of nitrogens with zero attached hydrogens (tertiary/aromatic N) is 3. The van der Waals surface area contributed by atoms with E-state index < -0.39 is 0 Å². The molecule has 0 aliphatic carbocycles. The lowest BCUT2D eigenvalue weighted by Gasteiger charge is -2.28. The molecule has 1 aromatic heterocycles. The summed E-state index contributed by atoms with van der Waals surface area (Å²) in [5.74, 6) is 2.21. The molecule has 154 valence electrons. The van der Waals surface area contributed by atoms with Gasteiger partial charge in [-0.3, -0.25) is 0 Å². The molecule has 3 heteroatoms. The van der Waals surface area contributed by atoms with E-state index in [0.29, 0.717) is 18.0 Å². The Kier molecular flexibility index (Phi) is 4.50. The molecule has 2 aromatic carbocycles. The van der Waals surface area contributed by atoms with E-state index in [2.05, 4.69) is 116 Å². The average molecular weight is 398 g/mol. The Hall–Kier alpha value is -2.94. The zero-order valence-electron chi connectivity index (χ0n) is 18.6. The van der Waals surface area contributed by atoms with Crippen LogP contribution in [0.1, 0.15) is 56.2 Å². The first kappa shape index (κ1) is 19.0. The van der Waals surface area contributed by atoms with Crippen molar-refractivity contribution in [2.75, 3.05) is 11.9 Å². The van der Waals surface area contributed by atoms with E-state index in [1.807, 2.05) is 0 Å². The van der Waals surface area contributed by atoms with Gasteiger partial charge in [-0.05, 0) is 57.9 Å². The van der Waals surface area contributed by atoms with E-state index in [1.165, 1.54) is 39.3 Å². The average Bonchev–Trinajstić information content (AvgIpc) is 3.40. The molecule has 2 aliphatic rings. The minimum absolute atomic E-state index is 0.413. The topological polar surface area (TPSA) is 11.4 Å². The highest BCUT2D eigenvalue weighted by Crippen LogP contribution is 2.43. The van der Waals surface area contributed by atoms with Crippen molar-refractivity contribution < 1.29 is 0 Å². The maximum atomic E-state index is 2.46. The summed E-state index contributed by atoms with van der Waals surface area (Å²) in [7, 11) is 2.17. The van der Waals surface area contributed by atoms with Gasteiger partial charge in [0.2, 0.25) is 0 Å². The molecule has 0 spiro atoms. The lowest BCUT2D eigenvalue weighted by Crippen LogP contribution is -2.34. The molecule has 0 amide bonds. The summed E-state index contributed by atoms with van der Waals surface area (Å²) in [6.45, 7) is 9.25. The second kappa shape index (κ2) is 7.09. The first-order valence-electron chi connectivity index (χ1n) is 11.1. The highest BCUT2D eigenvalue weighted by molar-refractivity contribution is 5.72. The van der Waals surface area contributed by atoms with Gasteiger partial charge in [0.15, 0.2) is 0 Å². The third kappa shape index (κ3) is 2.87. The number of hydrogen-bond donors (Lipinski definition) is 0. The zero-order chi connectivity index (χ0) is 21.0. The van der Waals surface area contributed by atoms with Crippen LogP contribution in [0.3, 0.4) is 0 Å². The number of likely N-dealkylation sites (N-methyl/N-ethyl adjacent to an activating group) is 1. The Bertz CT molecular complexity index is 1080. The number of rotatable bonds is 4. The first-order chi connectivity index (χ1) is 14.5. The minimum Gasteiger partial charge on any atom is -0.358 e. The van der Waals surface area contributed by atoms with E-state index in [9.17, 15) is 0 Å². The molecule has 1 atom stereocenters. The van der Waals surface area contributed by atoms with Crippen LogP contribution in [0.25, 0.3) is 16.8 Å². The summed E-state index contributed by atoms with van der Waals surface area (Å²) in [5.41, 5.74) is 8.23. The second-order valence-corrected chi connectivity index (χ2v) is 9.27. The van der Waals surface area contributed by atoms with Crippen molar-refractivity contribution in [1.82, 2.24) is 9.47 Å². The molecule has 0 fully saturated rings. The van der Waals surface area contributed by atoms with Gasteiger partial charge < -0.3 is 14.4 Å².